The molecule has 31 heavy (non-hydrogen) atoms. The number of ether oxygens (including phenoxy) is 2. The van der Waals surface area contributed by atoms with Crippen LogP contribution in [0.5, 0.6) is 5.75 Å². The number of halogens is 1. The Kier molecular flexibility index (Phi) is 9.87. The minimum atomic E-state index is -0.131. The van der Waals surface area contributed by atoms with Gasteiger partial charge in [-0.25, -0.2) is 0 Å². The molecular weight excluding hydrogens is 507 g/mol. The highest BCUT2D eigenvalue weighted by molar-refractivity contribution is 14.0. The van der Waals surface area contributed by atoms with Crippen LogP contribution in [0.15, 0.2) is 29.3 Å². The lowest BCUT2D eigenvalue weighted by molar-refractivity contribution is -0.145. The van der Waals surface area contributed by atoms with Crippen molar-refractivity contribution in [1.82, 2.24) is 15.1 Å². The van der Waals surface area contributed by atoms with E-state index < -0.39 is 0 Å². The number of carbonyl (C=O) groups excluding carboxylic acids is 1. The van der Waals surface area contributed by atoms with Gasteiger partial charge in [-0.05, 0) is 56.0 Å². The van der Waals surface area contributed by atoms with Crippen molar-refractivity contribution in [1.29, 1.82) is 0 Å². The number of aliphatic imine (C=N–C) groups is 1. The van der Waals surface area contributed by atoms with E-state index in [1.54, 1.807) is 7.11 Å². The molecule has 0 aromatic heterocycles. The Balaban J connectivity index is 0.00000341. The van der Waals surface area contributed by atoms with Gasteiger partial charge in [-0.3, -0.25) is 14.7 Å². The number of nitrogens with one attached hydrogen (secondary N) is 1. The van der Waals surface area contributed by atoms with E-state index in [-0.39, 0.29) is 41.8 Å². The zero-order valence-electron chi connectivity index (χ0n) is 19.3. The molecule has 1 N–H and O–H groups in total. The van der Waals surface area contributed by atoms with Crippen molar-refractivity contribution in [2.24, 2.45) is 22.7 Å². The summed E-state index contributed by atoms with van der Waals surface area (Å²) in [5, 5.41) is 3.59. The Labute approximate surface area is 203 Å². The lowest BCUT2D eigenvalue weighted by atomic mass is 9.85. The van der Waals surface area contributed by atoms with Crippen LogP contribution >= 0.6 is 24.0 Å². The zero-order valence-corrected chi connectivity index (χ0v) is 21.7. The number of hydrogen-bond acceptors (Lipinski definition) is 5. The van der Waals surface area contributed by atoms with Crippen molar-refractivity contribution in [2.45, 2.75) is 25.8 Å². The topological polar surface area (TPSA) is 66.4 Å². The number of esters is 1. The number of piperidine rings is 1. The summed E-state index contributed by atoms with van der Waals surface area (Å²) in [4.78, 5) is 21.2. The van der Waals surface area contributed by atoms with Gasteiger partial charge in [-0.15, -0.1) is 24.0 Å². The smallest absolute Gasteiger partial charge is 0.310 e. The summed E-state index contributed by atoms with van der Waals surface area (Å²) in [5.74, 6) is 2.26. The molecule has 0 aliphatic carbocycles. The highest BCUT2D eigenvalue weighted by Crippen LogP contribution is 2.35. The highest BCUT2D eigenvalue weighted by Gasteiger charge is 2.37. The highest BCUT2D eigenvalue weighted by atomic mass is 127. The van der Waals surface area contributed by atoms with Gasteiger partial charge in [0.15, 0.2) is 5.96 Å². The summed E-state index contributed by atoms with van der Waals surface area (Å²) < 4.78 is 10.3. The number of methoxy groups -OCH3 is 2. The standard InChI is InChI=1S/C23H36N4O3.HI/c1-16-14-27(15-20(16)22(28)30-5)23(24-2)25-13-18-7-6-12-26(3)21(18)17-8-10-19(29-4)11-9-17;/h8-11,16,18,20-21H,6-7,12-15H2,1-5H3,(H,24,25);1H. The Morgan fingerprint density at radius 3 is 2.55 bits per heavy atom. The molecule has 2 heterocycles. The lowest BCUT2D eigenvalue weighted by Gasteiger charge is -2.40. The van der Waals surface area contributed by atoms with Crippen LogP contribution < -0.4 is 10.1 Å². The monoisotopic (exact) mass is 544 g/mol. The minimum absolute atomic E-state index is 0. The van der Waals surface area contributed by atoms with Crippen molar-refractivity contribution in [2.75, 3.05) is 54.5 Å². The van der Waals surface area contributed by atoms with Crippen molar-refractivity contribution < 1.29 is 14.3 Å². The molecule has 4 atom stereocenters. The zero-order chi connectivity index (χ0) is 21.7. The molecule has 174 valence electrons. The Hall–Kier alpha value is -1.55. The van der Waals surface area contributed by atoms with Crippen LogP contribution in [0.25, 0.3) is 0 Å². The van der Waals surface area contributed by atoms with Crippen molar-refractivity contribution >= 4 is 35.9 Å². The second kappa shape index (κ2) is 11.9. The summed E-state index contributed by atoms with van der Waals surface area (Å²) in [5.41, 5.74) is 1.32. The maximum atomic E-state index is 12.0. The fourth-order valence-electron chi connectivity index (χ4n) is 4.95. The van der Waals surface area contributed by atoms with E-state index in [1.807, 2.05) is 19.2 Å². The normalized spacial score (nSPS) is 26.9. The van der Waals surface area contributed by atoms with Crippen LogP contribution in [-0.2, 0) is 9.53 Å². The van der Waals surface area contributed by atoms with Crippen LogP contribution in [0.1, 0.15) is 31.4 Å². The van der Waals surface area contributed by atoms with Crippen LogP contribution in [0.3, 0.4) is 0 Å². The maximum Gasteiger partial charge on any atom is 0.310 e. The van der Waals surface area contributed by atoms with Crippen LogP contribution in [0.4, 0.5) is 0 Å². The number of rotatable bonds is 5. The molecule has 3 rings (SSSR count). The molecule has 4 unspecified atom stereocenters. The number of likely N-dealkylation sites (tertiary alicyclic amines) is 2. The first-order valence-corrected chi connectivity index (χ1v) is 10.9. The maximum absolute atomic E-state index is 12.0. The second-order valence-electron chi connectivity index (χ2n) is 8.54. The van der Waals surface area contributed by atoms with E-state index in [1.165, 1.54) is 25.5 Å². The molecule has 2 saturated heterocycles. The van der Waals surface area contributed by atoms with Crippen LogP contribution in [0.2, 0.25) is 0 Å². The quantitative estimate of drug-likeness (QED) is 0.266. The molecule has 8 heteroatoms. The number of guanidine groups is 1. The number of nitrogens with zero attached hydrogens (tertiary/aromatic N) is 3. The van der Waals surface area contributed by atoms with Gasteiger partial charge in [-0.1, -0.05) is 19.1 Å². The van der Waals surface area contributed by atoms with E-state index in [2.05, 4.69) is 46.2 Å². The fourth-order valence-corrected chi connectivity index (χ4v) is 4.95. The molecule has 0 saturated carbocycles. The first-order valence-electron chi connectivity index (χ1n) is 10.9. The molecule has 2 fully saturated rings. The summed E-state index contributed by atoms with van der Waals surface area (Å²) in [6, 6.07) is 8.79. The average molecular weight is 544 g/mol. The van der Waals surface area contributed by atoms with Crippen LogP contribution in [0, 0.1) is 17.8 Å². The Morgan fingerprint density at radius 2 is 1.94 bits per heavy atom. The van der Waals surface area contributed by atoms with Crippen LogP contribution in [-0.4, -0.2) is 76.2 Å². The average Bonchev–Trinajstić information content (AvgIpc) is 3.15. The first kappa shape index (κ1) is 25.7. The molecule has 2 aliphatic rings. The summed E-state index contributed by atoms with van der Waals surface area (Å²) in [6.45, 7) is 5.52. The molecule has 2 aliphatic heterocycles. The Bertz CT molecular complexity index is 743. The third-order valence-electron chi connectivity index (χ3n) is 6.61. The van der Waals surface area contributed by atoms with Crippen molar-refractivity contribution in [3.8, 4) is 5.75 Å². The molecular formula is C23H37IN4O3. The Morgan fingerprint density at radius 1 is 1.23 bits per heavy atom. The predicted octanol–water partition coefficient (Wildman–Crippen LogP) is 3.01. The van der Waals surface area contributed by atoms with Gasteiger partial charge in [-0.2, -0.15) is 0 Å². The van der Waals surface area contributed by atoms with Gasteiger partial charge < -0.3 is 19.7 Å². The van der Waals surface area contributed by atoms with Gasteiger partial charge in [0.1, 0.15) is 5.75 Å². The van der Waals surface area contributed by atoms with Gasteiger partial charge in [0.25, 0.3) is 0 Å². The number of benzene rings is 1. The lowest BCUT2D eigenvalue weighted by Crippen LogP contribution is -2.46. The van der Waals surface area contributed by atoms with Gasteiger partial charge in [0.05, 0.1) is 20.1 Å². The van der Waals surface area contributed by atoms with Gasteiger partial charge in [0.2, 0.25) is 0 Å². The molecule has 0 bridgehead atoms. The van der Waals surface area contributed by atoms with Crippen molar-refractivity contribution in [3.63, 3.8) is 0 Å². The van der Waals surface area contributed by atoms with Crippen molar-refractivity contribution in [3.05, 3.63) is 29.8 Å². The molecule has 0 spiro atoms. The van der Waals surface area contributed by atoms with E-state index in [0.29, 0.717) is 18.5 Å². The fraction of sp³-hybridized carbons (Fsp3) is 0.652. The molecule has 0 radical (unpaired) electrons. The predicted molar refractivity (Wildman–Crippen MR) is 134 cm³/mol. The summed E-state index contributed by atoms with van der Waals surface area (Å²) in [6.07, 6.45) is 2.37. The number of hydrogen-bond donors (Lipinski definition) is 1. The summed E-state index contributed by atoms with van der Waals surface area (Å²) in [7, 11) is 7.18. The SMILES string of the molecule is CN=C(NCC1CCCN(C)C1c1ccc(OC)cc1)N1CC(C)C(C(=O)OC)C1.I. The first-order chi connectivity index (χ1) is 14.5. The van der Waals surface area contributed by atoms with E-state index in [0.717, 1.165) is 31.3 Å². The minimum Gasteiger partial charge on any atom is -0.497 e. The molecule has 0 amide bonds. The van der Waals surface area contributed by atoms with Gasteiger partial charge >= 0.3 is 5.97 Å². The molecule has 1 aromatic carbocycles. The second-order valence-corrected chi connectivity index (χ2v) is 8.54. The van der Waals surface area contributed by atoms with E-state index in [9.17, 15) is 4.79 Å². The third kappa shape index (κ3) is 6.03. The van der Waals surface area contributed by atoms with E-state index in [4.69, 9.17) is 9.47 Å². The molecule has 1 aromatic rings. The van der Waals surface area contributed by atoms with Gasteiger partial charge in [0, 0.05) is 32.7 Å². The largest absolute Gasteiger partial charge is 0.497 e. The third-order valence-corrected chi connectivity index (χ3v) is 6.61. The molecule has 7 nitrogen and oxygen atoms in total. The number of carbonyl (C=O) groups is 1. The summed E-state index contributed by atoms with van der Waals surface area (Å²) >= 11 is 0. The van der Waals surface area contributed by atoms with E-state index >= 15 is 0 Å².